The van der Waals surface area contributed by atoms with Crippen molar-refractivity contribution in [3.8, 4) is 0 Å². The molecule has 0 aromatic heterocycles. The topological polar surface area (TPSA) is 46.3 Å². The highest BCUT2D eigenvalue weighted by atomic mass is 79.9. The maximum absolute atomic E-state index is 12.7. The molecule has 3 nitrogen and oxygen atoms in total. The lowest BCUT2D eigenvalue weighted by Gasteiger charge is -2.38. The first-order valence-corrected chi connectivity index (χ1v) is 7.82. The molecule has 3 rings (SSSR count). The van der Waals surface area contributed by atoms with Crippen LogP contribution in [0.4, 0.5) is 5.69 Å². The third-order valence-corrected chi connectivity index (χ3v) is 4.99. The quantitative estimate of drug-likeness (QED) is 0.805. The summed E-state index contributed by atoms with van der Waals surface area (Å²) in [7, 11) is 0. The summed E-state index contributed by atoms with van der Waals surface area (Å²) in [5, 5.41) is 0. The summed E-state index contributed by atoms with van der Waals surface area (Å²) in [6.45, 7) is 0.884. The minimum absolute atomic E-state index is 0.113. The minimum Gasteiger partial charge on any atom is -0.398 e. The van der Waals surface area contributed by atoms with Gasteiger partial charge in [-0.1, -0.05) is 22.4 Å². The molecule has 2 fully saturated rings. The molecule has 102 valence electrons. The van der Waals surface area contributed by atoms with Gasteiger partial charge in [0, 0.05) is 22.7 Å². The Morgan fingerprint density at radius 2 is 2.05 bits per heavy atom. The molecule has 1 heterocycles. The highest BCUT2D eigenvalue weighted by Crippen LogP contribution is 2.37. The van der Waals surface area contributed by atoms with Gasteiger partial charge >= 0.3 is 0 Å². The van der Waals surface area contributed by atoms with E-state index in [1.807, 2.05) is 18.2 Å². The molecule has 0 bridgehead atoms. The number of hydrogen-bond acceptors (Lipinski definition) is 2. The van der Waals surface area contributed by atoms with Crippen LogP contribution in [0.3, 0.4) is 0 Å². The average Bonchev–Trinajstić information content (AvgIpc) is 2.86. The van der Waals surface area contributed by atoms with Crippen LogP contribution in [0.15, 0.2) is 22.7 Å². The van der Waals surface area contributed by atoms with Gasteiger partial charge in [0.25, 0.3) is 5.91 Å². The molecule has 1 amide bonds. The maximum Gasteiger partial charge on any atom is 0.256 e. The van der Waals surface area contributed by atoms with Crippen LogP contribution in [0.25, 0.3) is 0 Å². The number of nitrogens with zero attached hydrogens (tertiary/aromatic N) is 1. The van der Waals surface area contributed by atoms with Crippen molar-refractivity contribution >= 4 is 27.5 Å². The average molecular weight is 323 g/mol. The summed E-state index contributed by atoms with van der Waals surface area (Å²) in [6, 6.07) is 5.98. The predicted octanol–water partition coefficient (Wildman–Crippen LogP) is 3.44. The molecule has 2 aliphatic rings. The molecule has 19 heavy (non-hydrogen) atoms. The van der Waals surface area contributed by atoms with Crippen molar-refractivity contribution in [1.29, 1.82) is 0 Å². The summed E-state index contributed by atoms with van der Waals surface area (Å²) in [4.78, 5) is 14.8. The van der Waals surface area contributed by atoms with Crippen molar-refractivity contribution in [2.75, 3.05) is 12.3 Å². The van der Waals surface area contributed by atoms with Gasteiger partial charge in [-0.2, -0.15) is 0 Å². The van der Waals surface area contributed by atoms with Gasteiger partial charge < -0.3 is 10.6 Å². The maximum atomic E-state index is 12.7. The third-order valence-electron chi connectivity index (χ3n) is 4.50. The Labute approximate surface area is 122 Å². The second kappa shape index (κ2) is 5.16. The van der Waals surface area contributed by atoms with Crippen molar-refractivity contribution in [3.63, 3.8) is 0 Å². The fourth-order valence-corrected chi connectivity index (χ4v) is 3.97. The molecule has 1 aliphatic carbocycles. The van der Waals surface area contributed by atoms with Crippen LogP contribution in [0.2, 0.25) is 0 Å². The smallest absolute Gasteiger partial charge is 0.256 e. The first-order chi connectivity index (χ1) is 9.16. The van der Waals surface area contributed by atoms with E-state index in [2.05, 4.69) is 20.8 Å². The summed E-state index contributed by atoms with van der Waals surface area (Å²) < 4.78 is 0.916. The SMILES string of the molecule is Nc1cc(Br)ccc1C(=O)N1CCCC2CCCC21. The van der Waals surface area contributed by atoms with Gasteiger partial charge in [0.15, 0.2) is 0 Å². The lowest BCUT2D eigenvalue weighted by Crippen LogP contribution is -2.46. The molecule has 1 aliphatic heterocycles. The summed E-state index contributed by atoms with van der Waals surface area (Å²) in [5.41, 5.74) is 7.21. The number of halogens is 1. The van der Waals surface area contributed by atoms with Crippen molar-refractivity contribution in [3.05, 3.63) is 28.2 Å². The second-order valence-electron chi connectivity index (χ2n) is 5.63. The predicted molar refractivity (Wildman–Crippen MR) is 80.0 cm³/mol. The number of amides is 1. The lowest BCUT2D eigenvalue weighted by molar-refractivity contribution is 0.0549. The fraction of sp³-hybridized carbons (Fsp3) is 0.533. The van der Waals surface area contributed by atoms with Crippen LogP contribution in [0.5, 0.6) is 0 Å². The van der Waals surface area contributed by atoms with Gasteiger partial charge in [-0.25, -0.2) is 0 Å². The van der Waals surface area contributed by atoms with Gasteiger partial charge in [-0.15, -0.1) is 0 Å². The second-order valence-corrected chi connectivity index (χ2v) is 6.55. The number of anilines is 1. The van der Waals surface area contributed by atoms with Crippen LogP contribution >= 0.6 is 15.9 Å². The molecular weight excluding hydrogens is 304 g/mol. The van der Waals surface area contributed by atoms with Crippen LogP contribution in [0.1, 0.15) is 42.5 Å². The van der Waals surface area contributed by atoms with Crippen LogP contribution in [-0.4, -0.2) is 23.4 Å². The number of hydrogen-bond donors (Lipinski definition) is 1. The Morgan fingerprint density at radius 1 is 1.26 bits per heavy atom. The Hall–Kier alpha value is -1.03. The number of likely N-dealkylation sites (tertiary alicyclic amines) is 1. The van der Waals surface area contributed by atoms with Crippen LogP contribution < -0.4 is 5.73 Å². The summed E-state index contributed by atoms with van der Waals surface area (Å²) in [5.74, 6) is 0.830. The number of benzene rings is 1. The Morgan fingerprint density at radius 3 is 2.84 bits per heavy atom. The molecule has 2 atom stereocenters. The van der Waals surface area contributed by atoms with E-state index in [0.717, 1.165) is 29.8 Å². The van der Waals surface area contributed by atoms with Crippen molar-refractivity contribution < 1.29 is 4.79 Å². The summed E-state index contributed by atoms with van der Waals surface area (Å²) in [6.07, 6.45) is 6.11. The van der Waals surface area contributed by atoms with Crippen molar-refractivity contribution in [2.45, 2.75) is 38.1 Å². The number of piperidine rings is 1. The van der Waals surface area contributed by atoms with Crippen molar-refractivity contribution in [1.82, 2.24) is 4.90 Å². The number of nitrogen functional groups attached to an aromatic ring is 1. The zero-order chi connectivity index (χ0) is 13.4. The lowest BCUT2D eigenvalue weighted by atomic mass is 9.91. The third kappa shape index (κ3) is 2.38. The molecule has 1 saturated carbocycles. The van der Waals surface area contributed by atoms with E-state index in [9.17, 15) is 4.79 Å². The zero-order valence-corrected chi connectivity index (χ0v) is 12.5. The highest BCUT2D eigenvalue weighted by molar-refractivity contribution is 9.10. The number of carbonyl (C=O) groups excluding carboxylic acids is 1. The molecule has 0 spiro atoms. The first kappa shape index (κ1) is 13.0. The Bertz CT molecular complexity index is 503. The molecule has 2 unspecified atom stereocenters. The monoisotopic (exact) mass is 322 g/mol. The van der Waals surface area contributed by atoms with E-state index in [-0.39, 0.29) is 5.91 Å². The van der Waals surface area contributed by atoms with E-state index in [1.165, 1.54) is 19.3 Å². The molecule has 2 N–H and O–H groups in total. The van der Waals surface area contributed by atoms with Crippen molar-refractivity contribution in [2.24, 2.45) is 5.92 Å². The normalized spacial score (nSPS) is 26.3. The standard InChI is InChI=1S/C15H19BrN2O/c16-11-6-7-12(13(17)9-11)15(19)18-8-2-4-10-3-1-5-14(10)18/h6-7,9-10,14H,1-5,8,17H2. The van der Waals surface area contributed by atoms with Gasteiger partial charge in [0.2, 0.25) is 0 Å². The van der Waals surface area contributed by atoms with Gasteiger partial charge in [0.05, 0.1) is 5.56 Å². The van der Waals surface area contributed by atoms with E-state index >= 15 is 0 Å². The Balaban J connectivity index is 1.86. The van der Waals surface area contributed by atoms with E-state index in [4.69, 9.17) is 5.73 Å². The van der Waals surface area contributed by atoms with E-state index in [0.29, 0.717) is 17.3 Å². The van der Waals surface area contributed by atoms with Gasteiger partial charge in [-0.3, -0.25) is 4.79 Å². The largest absolute Gasteiger partial charge is 0.398 e. The highest BCUT2D eigenvalue weighted by Gasteiger charge is 2.37. The molecule has 1 saturated heterocycles. The number of nitrogens with two attached hydrogens (primary N) is 1. The fourth-order valence-electron chi connectivity index (χ4n) is 3.59. The van der Waals surface area contributed by atoms with E-state index in [1.54, 1.807) is 0 Å². The molecule has 0 radical (unpaired) electrons. The van der Waals surface area contributed by atoms with Gasteiger partial charge in [0.1, 0.15) is 0 Å². The minimum atomic E-state index is 0.113. The molecule has 1 aromatic carbocycles. The number of rotatable bonds is 1. The molecule has 4 heteroatoms. The van der Waals surface area contributed by atoms with Crippen LogP contribution in [-0.2, 0) is 0 Å². The van der Waals surface area contributed by atoms with Gasteiger partial charge in [-0.05, 0) is 49.8 Å². The summed E-state index contributed by atoms with van der Waals surface area (Å²) >= 11 is 3.38. The Kier molecular flexibility index (Phi) is 3.52. The van der Waals surface area contributed by atoms with E-state index < -0.39 is 0 Å². The molecule has 1 aromatic rings. The zero-order valence-electron chi connectivity index (χ0n) is 10.9. The first-order valence-electron chi connectivity index (χ1n) is 7.03. The number of carbonyl (C=O) groups is 1. The van der Waals surface area contributed by atoms with Crippen LogP contribution in [0, 0.1) is 5.92 Å². The molecular formula is C15H19BrN2O. The number of fused-ring (bicyclic) bond motifs is 1.